The molecule has 2 aromatic rings. The number of hydrogen-bond donors (Lipinski definition) is 1. The molecule has 0 bridgehead atoms. The second-order valence-electron chi connectivity index (χ2n) is 5.39. The fourth-order valence-corrected chi connectivity index (χ4v) is 3.08. The summed E-state index contributed by atoms with van der Waals surface area (Å²) in [5.74, 6) is 0.0910. The summed E-state index contributed by atoms with van der Waals surface area (Å²) in [5, 5.41) is 3.05. The molecule has 1 fully saturated rings. The van der Waals surface area contributed by atoms with Crippen LogP contribution < -0.4 is 5.32 Å². The molecule has 1 amide bonds. The Morgan fingerprint density at radius 2 is 1.85 bits per heavy atom. The van der Waals surface area contributed by atoms with Crippen LogP contribution in [0.5, 0.6) is 0 Å². The third-order valence-electron chi connectivity index (χ3n) is 3.88. The fraction of sp³-hybridized carbons (Fsp3) is 0.235. The smallest absolute Gasteiger partial charge is 0.235 e. The molecule has 3 rings (SSSR count). The number of carbonyl (C=O) groups is 1. The van der Waals surface area contributed by atoms with Crippen LogP contribution in [-0.2, 0) is 10.2 Å². The van der Waals surface area contributed by atoms with Crippen LogP contribution in [0.1, 0.15) is 24.0 Å². The van der Waals surface area contributed by atoms with Crippen molar-refractivity contribution in [3.63, 3.8) is 0 Å². The monoisotopic (exact) mass is 329 g/mol. The van der Waals surface area contributed by atoms with Gasteiger partial charge in [0.2, 0.25) is 5.91 Å². The van der Waals surface area contributed by atoms with Gasteiger partial charge < -0.3 is 5.32 Å². The van der Waals surface area contributed by atoms with Crippen molar-refractivity contribution in [1.29, 1.82) is 0 Å². The molecule has 0 atom stereocenters. The number of benzene rings is 2. The van der Waals surface area contributed by atoms with Crippen LogP contribution in [0.3, 0.4) is 0 Å². The Labute approximate surface area is 127 Å². The Balaban J connectivity index is 1.83. The van der Waals surface area contributed by atoms with Crippen LogP contribution in [-0.4, -0.2) is 5.91 Å². The summed E-state index contributed by atoms with van der Waals surface area (Å²) in [5.41, 5.74) is 2.79. The largest absolute Gasteiger partial charge is 0.324 e. The van der Waals surface area contributed by atoms with Crippen molar-refractivity contribution >= 4 is 27.5 Å². The van der Waals surface area contributed by atoms with Gasteiger partial charge in [0.05, 0.1) is 11.1 Å². The maximum Gasteiger partial charge on any atom is 0.235 e. The van der Waals surface area contributed by atoms with Crippen molar-refractivity contribution in [3.05, 3.63) is 64.1 Å². The Morgan fingerprint density at radius 1 is 1.15 bits per heavy atom. The molecule has 1 N–H and O–H groups in total. The second-order valence-corrected chi connectivity index (χ2v) is 6.24. The van der Waals surface area contributed by atoms with Crippen molar-refractivity contribution in [3.8, 4) is 0 Å². The third-order valence-corrected chi connectivity index (χ3v) is 4.54. The summed E-state index contributed by atoms with van der Waals surface area (Å²) < 4.78 is 0.926. The molecule has 102 valence electrons. The van der Waals surface area contributed by atoms with E-state index in [1.165, 1.54) is 5.56 Å². The normalized spacial score (nSPS) is 15.7. The minimum atomic E-state index is -0.328. The van der Waals surface area contributed by atoms with Crippen LogP contribution in [0.2, 0.25) is 0 Å². The predicted molar refractivity (Wildman–Crippen MR) is 84.9 cm³/mol. The summed E-state index contributed by atoms with van der Waals surface area (Å²) in [6, 6.07) is 16.0. The summed E-state index contributed by atoms with van der Waals surface area (Å²) in [6.07, 6.45) is 1.85. The molecule has 1 aliphatic carbocycles. The lowest BCUT2D eigenvalue weighted by molar-refractivity contribution is -0.118. The summed E-state index contributed by atoms with van der Waals surface area (Å²) >= 11 is 3.50. The molecule has 0 radical (unpaired) electrons. The number of halogens is 1. The lowest BCUT2D eigenvalue weighted by atomic mass is 9.95. The van der Waals surface area contributed by atoms with E-state index in [0.717, 1.165) is 28.6 Å². The van der Waals surface area contributed by atoms with Crippen LogP contribution in [0.25, 0.3) is 0 Å². The SMILES string of the molecule is Cc1ccc(NC(=O)C2(c3ccccc3)CC2)c(Br)c1. The van der Waals surface area contributed by atoms with Gasteiger partial charge in [0.15, 0.2) is 0 Å². The zero-order valence-corrected chi connectivity index (χ0v) is 12.9. The fourth-order valence-electron chi connectivity index (χ4n) is 2.49. The first kappa shape index (κ1) is 13.4. The molecule has 0 saturated heterocycles. The molecule has 1 saturated carbocycles. The molecule has 1 aliphatic rings. The lowest BCUT2D eigenvalue weighted by Gasteiger charge is -2.16. The van der Waals surface area contributed by atoms with E-state index >= 15 is 0 Å². The summed E-state index contributed by atoms with van der Waals surface area (Å²) in [7, 11) is 0. The van der Waals surface area contributed by atoms with E-state index in [2.05, 4.69) is 21.2 Å². The molecule has 0 aromatic heterocycles. The van der Waals surface area contributed by atoms with Gasteiger partial charge in [0, 0.05) is 4.47 Å². The number of amides is 1. The highest BCUT2D eigenvalue weighted by Gasteiger charge is 2.51. The van der Waals surface area contributed by atoms with Crippen molar-refractivity contribution < 1.29 is 4.79 Å². The lowest BCUT2D eigenvalue weighted by Crippen LogP contribution is -2.27. The number of rotatable bonds is 3. The first-order valence-electron chi connectivity index (χ1n) is 6.75. The highest BCUT2D eigenvalue weighted by atomic mass is 79.9. The van der Waals surface area contributed by atoms with Gasteiger partial charge in [-0.15, -0.1) is 0 Å². The van der Waals surface area contributed by atoms with Crippen LogP contribution >= 0.6 is 15.9 Å². The highest BCUT2D eigenvalue weighted by molar-refractivity contribution is 9.10. The number of nitrogens with one attached hydrogen (secondary N) is 1. The van der Waals surface area contributed by atoms with E-state index < -0.39 is 0 Å². The minimum absolute atomic E-state index is 0.0910. The molecule has 2 nitrogen and oxygen atoms in total. The van der Waals surface area contributed by atoms with E-state index in [1.807, 2.05) is 55.5 Å². The van der Waals surface area contributed by atoms with Crippen molar-refractivity contribution in [2.24, 2.45) is 0 Å². The highest BCUT2D eigenvalue weighted by Crippen LogP contribution is 2.49. The molecule has 0 heterocycles. The maximum absolute atomic E-state index is 12.6. The zero-order chi connectivity index (χ0) is 14.2. The number of anilines is 1. The van der Waals surface area contributed by atoms with Crippen LogP contribution in [0.15, 0.2) is 53.0 Å². The Bertz CT molecular complexity index is 647. The van der Waals surface area contributed by atoms with Gasteiger partial charge in [0.1, 0.15) is 0 Å². The van der Waals surface area contributed by atoms with Crippen molar-refractivity contribution in [2.75, 3.05) is 5.32 Å². The Morgan fingerprint density at radius 3 is 2.45 bits per heavy atom. The molecular formula is C17H16BrNO. The van der Waals surface area contributed by atoms with Gasteiger partial charge in [-0.2, -0.15) is 0 Å². The summed E-state index contributed by atoms with van der Waals surface area (Å²) in [4.78, 5) is 12.6. The number of carbonyl (C=O) groups excluding carboxylic acids is 1. The molecule has 3 heteroatoms. The molecular weight excluding hydrogens is 314 g/mol. The van der Waals surface area contributed by atoms with Gasteiger partial charge >= 0.3 is 0 Å². The minimum Gasteiger partial charge on any atom is -0.324 e. The standard InChI is InChI=1S/C17H16BrNO/c1-12-7-8-15(14(18)11-12)19-16(20)17(9-10-17)13-5-3-2-4-6-13/h2-8,11H,9-10H2,1H3,(H,19,20). The zero-order valence-electron chi connectivity index (χ0n) is 11.3. The van der Waals surface area contributed by atoms with Gasteiger partial charge in [-0.3, -0.25) is 4.79 Å². The number of aryl methyl sites for hydroxylation is 1. The molecule has 0 aliphatic heterocycles. The van der Waals surface area contributed by atoms with Crippen LogP contribution in [0.4, 0.5) is 5.69 Å². The first-order valence-corrected chi connectivity index (χ1v) is 7.54. The number of hydrogen-bond acceptors (Lipinski definition) is 1. The molecule has 20 heavy (non-hydrogen) atoms. The molecule has 0 unspecified atom stereocenters. The van der Waals surface area contributed by atoms with Gasteiger partial charge in [-0.25, -0.2) is 0 Å². The van der Waals surface area contributed by atoms with Crippen molar-refractivity contribution in [1.82, 2.24) is 0 Å². The van der Waals surface area contributed by atoms with E-state index in [1.54, 1.807) is 0 Å². The summed E-state index contributed by atoms with van der Waals surface area (Å²) in [6.45, 7) is 2.03. The first-order chi connectivity index (χ1) is 9.62. The molecule has 0 spiro atoms. The average molecular weight is 330 g/mol. The van der Waals surface area contributed by atoms with E-state index in [4.69, 9.17) is 0 Å². The maximum atomic E-state index is 12.6. The van der Waals surface area contributed by atoms with Crippen molar-refractivity contribution in [2.45, 2.75) is 25.2 Å². The van der Waals surface area contributed by atoms with E-state index in [9.17, 15) is 4.79 Å². The Hall–Kier alpha value is -1.61. The Kier molecular flexibility index (Phi) is 3.38. The molecule has 2 aromatic carbocycles. The van der Waals surface area contributed by atoms with Crippen LogP contribution in [0, 0.1) is 6.92 Å². The predicted octanol–water partition coefficient (Wildman–Crippen LogP) is 4.43. The van der Waals surface area contributed by atoms with Gasteiger partial charge in [-0.05, 0) is 59.0 Å². The van der Waals surface area contributed by atoms with Gasteiger partial charge in [0.25, 0.3) is 0 Å². The topological polar surface area (TPSA) is 29.1 Å². The second kappa shape index (κ2) is 5.06. The van der Waals surface area contributed by atoms with Gasteiger partial charge in [-0.1, -0.05) is 36.4 Å². The average Bonchev–Trinajstić information content (AvgIpc) is 3.24. The third kappa shape index (κ3) is 2.38. The quantitative estimate of drug-likeness (QED) is 0.886. The van der Waals surface area contributed by atoms with E-state index in [-0.39, 0.29) is 11.3 Å². The van der Waals surface area contributed by atoms with E-state index in [0.29, 0.717) is 0 Å².